The van der Waals surface area contributed by atoms with E-state index in [4.69, 9.17) is 15.1 Å². The molecule has 0 saturated carbocycles. The number of aliphatic carboxylic acids is 1. The third-order valence-electron chi connectivity index (χ3n) is 2.31. The summed E-state index contributed by atoms with van der Waals surface area (Å²) in [5.74, 6) is -0.477. The van der Waals surface area contributed by atoms with Gasteiger partial charge in [0.05, 0.1) is 6.61 Å². The summed E-state index contributed by atoms with van der Waals surface area (Å²) >= 11 is 0. The van der Waals surface area contributed by atoms with E-state index in [1.807, 2.05) is 0 Å². The molecule has 0 spiro atoms. The van der Waals surface area contributed by atoms with Crippen LogP contribution in [-0.4, -0.2) is 17.7 Å². The second-order valence-corrected chi connectivity index (χ2v) is 3.75. The minimum absolute atomic E-state index is 0.283. The minimum Gasteiger partial charge on any atom is -0.494 e. The van der Waals surface area contributed by atoms with Crippen LogP contribution >= 0.6 is 0 Å². The first kappa shape index (κ1) is 13.8. The van der Waals surface area contributed by atoms with Gasteiger partial charge in [0.15, 0.2) is 0 Å². The molecular weight excluding hydrogens is 230 g/mol. The number of nitriles is 1. The highest BCUT2D eigenvalue weighted by Crippen LogP contribution is 2.15. The Labute approximate surface area is 106 Å². The highest BCUT2D eigenvalue weighted by molar-refractivity contribution is 5.96. The van der Waals surface area contributed by atoms with Crippen molar-refractivity contribution in [3.63, 3.8) is 0 Å². The van der Waals surface area contributed by atoms with E-state index < -0.39 is 5.97 Å². The second-order valence-electron chi connectivity index (χ2n) is 3.75. The predicted octanol–water partition coefficient (Wildman–Crippen LogP) is 2.86. The second kappa shape index (κ2) is 7.13. The Hall–Kier alpha value is -2.28. The summed E-state index contributed by atoms with van der Waals surface area (Å²) in [7, 11) is 0. The van der Waals surface area contributed by atoms with Crippen LogP contribution in [0.15, 0.2) is 29.8 Å². The molecule has 0 atom stereocenters. The number of carboxylic acid groups (broad SMARTS) is 1. The number of nitrogens with zero attached hydrogens (tertiary/aromatic N) is 1. The van der Waals surface area contributed by atoms with E-state index in [0.717, 1.165) is 18.6 Å². The van der Waals surface area contributed by atoms with Gasteiger partial charge in [0, 0.05) is 0 Å². The van der Waals surface area contributed by atoms with Crippen molar-refractivity contribution in [1.82, 2.24) is 0 Å². The van der Waals surface area contributed by atoms with Gasteiger partial charge >= 0.3 is 5.97 Å². The summed E-state index contributed by atoms with van der Waals surface area (Å²) in [5, 5.41) is 17.3. The van der Waals surface area contributed by atoms with Crippen LogP contribution in [0, 0.1) is 11.3 Å². The molecule has 1 aromatic carbocycles. The molecule has 0 aliphatic rings. The van der Waals surface area contributed by atoms with Crippen molar-refractivity contribution < 1.29 is 14.6 Å². The van der Waals surface area contributed by atoms with Crippen molar-refractivity contribution in [3.8, 4) is 11.8 Å². The number of benzene rings is 1. The van der Waals surface area contributed by atoms with Gasteiger partial charge in [-0.2, -0.15) is 5.26 Å². The largest absolute Gasteiger partial charge is 0.494 e. The third-order valence-corrected chi connectivity index (χ3v) is 2.31. The fourth-order valence-corrected chi connectivity index (χ4v) is 1.30. The molecule has 1 N–H and O–H groups in total. The van der Waals surface area contributed by atoms with E-state index >= 15 is 0 Å². The van der Waals surface area contributed by atoms with Gasteiger partial charge in [-0.3, -0.25) is 0 Å². The SMILES string of the molecule is CCCCOc1ccc(/C=C(/C#N)C(=O)O)cc1. The quantitative estimate of drug-likeness (QED) is 0.475. The lowest BCUT2D eigenvalue weighted by molar-refractivity contribution is -0.132. The molecular formula is C14H15NO3. The fraction of sp³-hybridized carbons (Fsp3) is 0.286. The van der Waals surface area contributed by atoms with Gasteiger partial charge in [-0.1, -0.05) is 25.5 Å². The van der Waals surface area contributed by atoms with E-state index in [1.165, 1.54) is 6.08 Å². The lowest BCUT2D eigenvalue weighted by Gasteiger charge is -2.05. The molecule has 0 radical (unpaired) electrons. The molecule has 0 heterocycles. The first-order valence-electron chi connectivity index (χ1n) is 5.75. The molecule has 0 aromatic heterocycles. The maximum absolute atomic E-state index is 10.7. The molecule has 0 saturated heterocycles. The number of hydrogen-bond acceptors (Lipinski definition) is 3. The van der Waals surface area contributed by atoms with Gasteiger partial charge in [0.2, 0.25) is 0 Å². The molecule has 1 aromatic rings. The van der Waals surface area contributed by atoms with E-state index in [2.05, 4.69) is 6.92 Å². The average Bonchev–Trinajstić information content (AvgIpc) is 2.37. The summed E-state index contributed by atoms with van der Waals surface area (Å²) in [6.07, 6.45) is 3.41. The Morgan fingerprint density at radius 1 is 1.44 bits per heavy atom. The maximum Gasteiger partial charge on any atom is 0.346 e. The number of carbonyl (C=O) groups is 1. The summed E-state index contributed by atoms with van der Waals surface area (Å²) in [6.45, 7) is 2.76. The molecule has 18 heavy (non-hydrogen) atoms. The zero-order valence-corrected chi connectivity index (χ0v) is 10.2. The van der Waals surface area contributed by atoms with Gasteiger partial charge in [-0.05, 0) is 30.2 Å². The highest BCUT2D eigenvalue weighted by atomic mass is 16.5. The molecule has 4 nitrogen and oxygen atoms in total. The Kier molecular flexibility index (Phi) is 5.46. The first-order valence-corrected chi connectivity index (χ1v) is 5.75. The monoisotopic (exact) mass is 245 g/mol. The van der Waals surface area contributed by atoms with E-state index in [1.54, 1.807) is 30.3 Å². The van der Waals surface area contributed by atoms with Crippen molar-refractivity contribution in [1.29, 1.82) is 5.26 Å². The van der Waals surface area contributed by atoms with Crippen LogP contribution in [0.5, 0.6) is 5.75 Å². The molecule has 0 amide bonds. The molecule has 0 bridgehead atoms. The zero-order chi connectivity index (χ0) is 13.4. The normalized spacial score (nSPS) is 10.8. The predicted molar refractivity (Wildman–Crippen MR) is 68.1 cm³/mol. The van der Waals surface area contributed by atoms with Crippen LogP contribution in [-0.2, 0) is 4.79 Å². The Morgan fingerprint density at radius 3 is 2.61 bits per heavy atom. The summed E-state index contributed by atoms with van der Waals surface area (Å²) in [4.78, 5) is 10.7. The maximum atomic E-state index is 10.7. The van der Waals surface area contributed by atoms with Crippen LogP contribution in [0.4, 0.5) is 0 Å². The van der Waals surface area contributed by atoms with Crippen LogP contribution in [0.25, 0.3) is 6.08 Å². The number of hydrogen-bond donors (Lipinski definition) is 1. The lowest BCUT2D eigenvalue weighted by atomic mass is 10.1. The Balaban J connectivity index is 2.71. The van der Waals surface area contributed by atoms with Gasteiger partial charge in [0.1, 0.15) is 17.4 Å². The molecule has 94 valence electrons. The molecule has 0 unspecified atom stereocenters. The third kappa shape index (κ3) is 4.30. The van der Waals surface area contributed by atoms with Crippen molar-refractivity contribution in [2.45, 2.75) is 19.8 Å². The van der Waals surface area contributed by atoms with E-state index in [9.17, 15) is 4.79 Å². The zero-order valence-electron chi connectivity index (χ0n) is 10.2. The van der Waals surface area contributed by atoms with Crippen LogP contribution in [0.2, 0.25) is 0 Å². The topological polar surface area (TPSA) is 70.3 Å². The number of ether oxygens (including phenoxy) is 1. The fourth-order valence-electron chi connectivity index (χ4n) is 1.30. The van der Waals surface area contributed by atoms with Gasteiger partial charge in [0.25, 0.3) is 0 Å². The summed E-state index contributed by atoms with van der Waals surface area (Å²) < 4.78 is 5.48. The first-order chi connectivity index (χ1) is 8.67. The molecule has 4 heteroatoms. The van der Waals surface area contributed by atoms with Gasteiger partial charge in [-0.25, -0.2) is 4.79 Å². The molecule has 0 aliphatic carbocycles. The molecule has 0 aliphatic heterocycles. The Bertz CT molecular complexity index is 469. The number of rotatable bonds is 6. The van der Waals surface area contributed by atoms with Crippen molar-refractivity contribution in [3.05, 3.63) is 35.4 Å². The van der Waals surface area contributed by atoms with Crippen molar-refractivity contribution >= 4 is 12.0 Å². The molecule has 0 fully saturated rings. The van der Waals surface area contributed by atoms with Crippen LogP contribution in [0.3, 0.4) is 0 Å². The summed E-state index contributed by atoms with van der Waals surface area (Å²) in [6, 6.07) is 8.61. The van der Waals surface area contributed by atoms with E-state index in [0.29, 0.717) is 12.2 Å². The van der Waals surface area contributed by atoms with E-state index in [-0.39, 0.29) is 5.57 Å². The van der Waals surface area contributed by atoms with Crippen molar-refractivity contribution in [2.75, 3.05) is 6.61 Å². The van der Waals surface area contributed by atoms with Crippen LogP contribution < -0.4 is 4.74 Å². The lowest BCUT2D eigenvalue weighted by Crippen LogP contribution is -1.98. The standard InChI is InChI=1S/C14H15NO3/c1-2-3-8-18-13-6-4-11(5-7-13)9-12(10-15)14(16)17/h4-7,9H,2-3,8H2,1H3,(H,16,17)/b12-9-. The molecule has 1 rings (SSSR count). The van der Waals surface area contributed by atoms with Crippen LogP contribution in [0.1, 0.15) is 25.3 Å². The number of carboxylic acids is 1. The Morgan fingerprint density at radius 2 is 2.11 bits per heavy atom. The van der Waals surface area contributed by atoms with Crippen molar-refractivity contribution in [2.24, 2.45) is 0 Å². The smallest absolute Gasteiger partial charge is 0.346 e. The summed E-state index contributed by atoms with van der Waals surface area (Å²) in [5.41, 5.74) is 0.381. The van der Waals surface area contributed by atoms with Gasteiger partial charge < -0.3 is 9.84 Å². The average molecular weight is 245 g/mol. The highest BCUT2D eigenvalue weighted by Gasteiger charge is 2.05. The van der Waals surface area contributed by atoms with Gasteiger partial charge in [-0.15, -0.1) is 0 Å². The number of unbranched alkanes of at least 4 members (excludes halogenated alkanes) is 1. The minimum atomic E-state index is -1.22.